The molecule has 0 fully saturated rings. The Morgan fingerprint density at radius 1 is 1.00 bits per heavy atom. The molecule has 0 radical (unpaired) electrons. The zero-order chi connectivity index (χ0) is 12.3. The molecule has 0 unspecified atom stereocenters. The number of halogens is 2. The summed E-state index contributed by atoms with van der Waals surface area (Å²) in [6.07, 6.45) is 0. The number of rotatable bonds is 3. The Hall–Kier alpha value is -1.22. The maximum absolute atomic E-state index is 6.00. The van der Waals surface area contributed by atoms with Gasteiger partial charge in [-0.2, -0.15) is 0 Å². The molecule has 88 valence electrons. The average molecular weight is 268 g/mol. The predicted molar refractivity (Wildman–Crippen MR) is 70.9 cm³/mol. The number of ether oxygens (including phenoxy) is 1. The van der Waals surface area contributed by atoms with Crippen LogP contribution in [0.25, 0.3) is 0 Å². The molecule has 0 atom stereocenters. The van der Waals surface area contributed by atoms with Gasteiger partial charge >= 0.3 is 0 Å². The van der Waals surface area contributed by atoms with E-state index in [4.69, 9.17) is 33.7 Å². The lowest BCUT2D eigenvalue weighted by molar-refractivity contribution is 0.483. The normalized spacial score (nSPS) is 10.3. The summed E-state index contributed by atoms with van der Waals surface area (Å²) in [5, 5.41) is 1.11. The van der Waals surface area contributed by atoms with E-state index in [9.17, 15) is 0 Å². The van der Waals surface area contributed by atoms with Gasteiger partial charge in [-0.1, -0.05) is 35.3 Å². The Morgan fingerprint density at radius 2 is 1.71 bits per heavy atom. The van der Waals surface area contributed by atoms with Gasteiger partial charge < -0.3 is 10.5 Å². The van der Waals surface area contributed by atoms with Crippen molar-refractivity contribution in [3.05, 3.63) is 58.1 Å². The molecule has 0 aliphatic rings. The van der Waals surface area contributed by atoms with Gasteiger partial charge in [-0.05, 0) is 29.8 Å². The van der Waals surface area contributed by atoms with Crippen molar-refractivity contribution in [1.29, 1.82) is 0 Å². The zero-order valence-corrected chi connectivity index (χ0v) is 10.5. The molecule has 2 aromatic carbocycles. The number of hydrogen-bond acceptors (Lipinski definition) is 2. The Bertz CT molecular complexity index is 511. The molecule has 2 aromatic rings. The van der Waals surface area contributed by atoms with Crippen LogP contribution in [0.5, 0.6) is 11.5 Å². The molecular weight excluding hydrogens is 257 g/mol. The molecule has 2 rings (SSSR count). The summed E-state index contributed by atoms with van der Waals surface area (Å²) in [5.41, 5.74) is 6.57. The second-order valence-electron chi connectivity index (χ2n) is 3.52. The summed E-state index contributed by atoms with van der Waals surface area (Å²) in [6.45, 7) is 0.512. The fourth-order valence-electron chi connectivity index (χ4n) is 1.38. The van der Waals surface area contributed by atoms with Crippen molar-refractivity contribution >= 4 is 23.2 Å². The first-order valence-electron chi connectivity index (χ1n) is 5.11. The lowest BCUT2D eigenvalue weighted by Gasteiger charge is -2.08. The van der Waals surface area contributed by atoms with E-state index in [0.29, 0.717) is 28.1 Å². The monoisotopic (exact) mass is 267 g/mol. The van der Waals surface area contributed by atoms with Gasteiger partial charge in [0.1, 0.15) is 11.5 Å². The molecule has 0 amide bonds. The van der Waals surface area contributed by atoms with Gasteiger partial charge in [0, 0.05) is 17.6 Å². The summed E-state index contributed by atoms with van der Waals surface area (Å²) in [4.78, 5) is 0. The molecule has 2 nitrogen and oxygen atoms in total. The van der Waals surface area contributed by atoms with Crippen LogP contribution in [0.4, 0.5) is 0 Å². The van der Waals surface area contributed by atoms with Crippen molar-refractivity contribution in [2.24, 2.45) is 5.73 Å². The van der Waals surface area contributed by atoms with Gasteiger partial charge in [0.25, 0.3) is 0 Å². The van der Waals surface area contributed by atoms with E-state index in [0.717, 1.165) is 5.56 Å². The zero-order valence-electron chi connectivity index (χ0n) is 8.99. The minimum atomic E-state index is 0.512. The highest BCUT2D eigenvalue weighted by Gasteiger charge is 2.04. The molecule has 17 heavy (non-hydrogen) atoms. The standard InChI is InChI=1S/C13H11Cl2NO/c14-10-3-6-12(15)13(7-10)17-11-4-1-9(8-16)2-5-11/h1-7H,8,16H2. The summed E-state index contributed by atoms with van der Waals surface area (Å²) in [7, 11) is 0. The Labute approximate surface area is 110 Å². The maximum atomic E-state index is 6.00. The van der Waals surface area contributed by atoms with Crippen molar-refractivity contribution in [3.63, 3.8) is 0 Å². The first kappa shape index (κ1) is 12.2. The minimum absolute atomic E-state index is 0.512. The van der Waals surface area contributed by atoms with E-state index in [1.54, 1.807) is 18.2 Å². The minimum Gasteiger partial charge on any atom is -0.456 e. The van der Waals surface area contributed by atoms with Crippen molar-refractivity contribution in [1.82, 2.24) is 0 Å². The molecule has 0 saturated carbocycles. The van der Waals surface area contributed by atoms with Crippen LogP contribution in [0.3, 0.4) is 0 Å². The molecule has 0 aliphatic heterocycles. The van der Waals surface area contributed by atoms with E-state index in [2.05, 4.69) is 0 Å². The van der Waals surface area contributed by atoms with E-state index in [1.165, 1.54) is 0 Å². The number of benzene rings is 2. The fraction of sp³-hybridized carbons (Fsp3) is 0.0769. The highest BCUT2D eigenvalue weighted by atomic mass is 35.5. The third kappa shape index (κ3) is 3.13. The van der Waals surface area contributed by atoms with Gasteiger partial charge in [0.15, 0.2) is 0 Å². The molecule has 0 aliphatic carbocycles. The summed E-state index contributed by atoms with van der Waals surface area (Å²) >= 11 is 11.9. The largest absolute Gasteiger partial charge is 0.456 e. The third-order valence-corrected chi connectivity index (χ3v) is 2.83. The third-order valence-electron chi connectivity index (χ3n) is 2.28. The van der Waals surface area contributed by atoms with E-state index in [-0.39, 0.29) is 0 Å². The van der Waals surface area contributed by atoms with Crippen LogP contribution in [-0.2, 0) is 6.54 Å². The van der Waals surface area contributed by atoms with Gasteiger partial charge in [-0.25, -0.2) is 0 Å². The van der Waals surface area contributed by atoms with Crippen molar-refractivity contribution < 1.29 is 4.74 Å². The first-order chi connectivity index (χ1) is 8.19. The quantitative estimate of drug-likeness (QED) is 0.903. The van der Waals surface area contributed by atoms with Gasteiger partial charge in [-0.3, -0.25) is 0 Å². The number of hydrogen-bond donors (Lipinski definition) is 1. The van der Waals surface area contributed by atoms with Crippen LogP contribution >= 0.6 is 23.2 Å². The second kappa shape index (κ2) is 5.41. The molecule has 0 saturated heterocycles. The highest BCUT2D eigenvalue weighted by Crippen LogP contribution is 2.31. The van der Waals surface area contributed by atoms with Crippen LogP contribution in [0, 0.1) is 0 Å². The van der Waals surface area contributed by atoms with E-state index in [1.807, 2.05) is 24.3 Å². The van der Waals surface area contributed by atoms with Crippen molar-refractivity contribution in [2.75, 3.05) is 0 Å². The van der Waals surface area contributed by atoms with Crippen LogP contribution in [-0.4, -0.2) is 0 Å². The van der Waals surface area contributed by atoms with Gasteiger partial charge in [0.2, 0.25) is 0 Å². The Kier molecular flexibility index (Phi) is 3.89. The molecular formula is C13H11Cl2NO. The molecule has 2 N–H and O–H groups in total. The molecule has 0 bridgehead atoms. The molecule has 0 spiro atoms. The van der Waals surface area contributed by atoms with Crippen LogP contribution in [0.15, 0.2) is 42.5 Å². The van der Waals surface area contributed by atoms with E-state index < -0.39 is 0 Å². The van der Waals surface area contributed by atoms with E-state index >= 15 is 0 Å². The van der Waals surface area contributed by atoms with Crippen molar-refractivity contribution in [3.8, 4) is 11.5 Å². The Morgan fingerprint density at radius 3 is 2.35 bits per heavy atom. The smallest absolute Gasteiger partial charge is 0.147 e. The highest BCUT2D eigenvalue weighted by molar-refractivity contribution is 6.34. The van der Waals surface area contributed by atoms with Crippen LogP contribution in [0.2, 0.25) is 10.0 Å². The van der Waals surface area contributed by atoms with Gasteiger partial charge in [0.05, 0.1) is 5.02 Å². The predicted octanol–water partition coefficient (Wildman–Crippen LogP) is 4.24. The topological polar surface area (TPSA) is 35.2 Å². The molecule has 0 heterocycles. The lowest BCUT2D eigenvalue weighted by Crippen LogP contribution is -1.95. The summed E-state index contributed by atoms with van der Waals surface area (Å²) in [5.74, 6) is 1.24. The average Bonchev–Trinajstić information content (AvgIpc) is 2.35. The lowest BCUT2D eigenvalue weighted by atomic mass is 10.2. The number of nitrogens with two attached hydrogens (primary N) is 1. The van der Waals surface area contributed by atoms with Crippen molar-refractivity contribution in [2.45, 2.75) is 6.54 Å². The first-order valence-corrected chi connectivity index (χ1v) is 5.86. The summed E-state index contributed by atoms with van der Waals surface area (Å²) in [6, 6.07) is 12.6. The van der Waals surface area contributed by atoms with Gasteiger partial charge in [-0.15, -0.1) is 0 Å². The molecule has 4 heteroatoms. The SMILES string of the molecule is NCc1ccc(Oc2cc(Cl)ccc2Cl)cc1. The van der Waals surface area contributed by atoms with Crippen LogP contribution in [0.1, 0.15) is 5.56 Å². The maximum Gasteiger partial charge on any atom is 0.147 e. The Balaban J connectivity index is 2.22. The molecule has 0 aromatic heterocycles. The fourth-order valence-corrected chi connectivity index (χ4v) is 1.69. The van der Waals surface area contributed by atoms with Crippen LogP contribution < -0.4 is 10.5 Å². The summed E-state index contributed by atoms with van der Waals surface area (Å²) < 4.78 is 5.63. The second-order valence-corrected chi connectivity index (χ2v) is 4.37.